The molecular formula is C13H15N3O2. The van der Waals surface area contributed by atoms with Gasteiger partial charge in [0.15, 0.2) is 0 Å². The van der Waals surface area contributed by atoms with Crippen LogP contribution in [0.25, 0.3) is 10.8 Å². The van der Waals surface area contributed by atoms with Gasteiger partial charge in [0.1, 0.15) is 5.82 Å². The Morgan fingerprint density at radius 3 is 2.78 bits per heavy atom. The molecule has 0 aliphatic carbocycles. The molecule has 5 nitrogen and oxygen atoms in total. The van der Waals surface area contributed by atoms with Gasteiger partial charge in [0.2, 0.25) is 5.91 Å². The van der Waals surface area contributed by atoms with Crippen molar-refractivity contribution in [1.82, 2.24) is 9.88 Å². The number of likely N-dealkylation sites (N-methyl/N-ethyl adjacent to an activating group) is 1. The molecule has 0 radical (unpaired) electrons. The number of aromatic amines is 1. The van der Waals surface area contributed by atoms with Crippen LogP contribution in [0.15, 0.2) is 35.1 Å². The van der Waals surface area contributed by atoms with E-state index in [1.54, 1.807) is 20.2 Å². The van der Waals surface area contributed by atoms with Crippen LogP contribution in [0, 0.1) is 0 Å². The lowest BCUT2D eigenvalue weighted by Crippen LogP contribution is -2.29. The van der Waals surface area contributed by atoms with E-state index in [4.69, 9.17) is 0 Å². The summed E-state index contributed by atoms with van der Waals surface area (Å²) in [5, 5.41) is 4.40. The largest absolute Gasteiger partial charge is 0.362 e. The number of H-pyrrole nitrogens is 1. The van der Waals surface area contributed by atoms with E-state index in [1.165, 1.54) is 4.90 Å². The topological polar surface area (TPSA) is 65.2 Å². The lowest BCUT2D eigenvalue weighted by Gasteiger charge is -2.11. The molecule has 18 heavy (non-hydrogen) atoms. The maximum atomic E-state index is 11.8. The van der Waals surface area contributed by atoms with Crippen LogP contribution in [-0.4, -0.2) is 36.4 Å². The van der Waals surface area contributed by atoms with Gasteiger partial charge < -0.3 is 15.2 Å². The summed E-state index contributed by atoms with van der Waals surface area (Å²) in [7, 11) is 3.38. The Balaban J connectivity index is 2.25. The molecule has 2 N–H and O–H groups in total. The molecular weight excluding hydrogens is 230 g/mol. The molecule has 0 fully saturated rings. The van der Waals surface area contributed by atoms with Crippen molar-refractivity contribution in [3.63, 3.8) is 0 Å². The molecule has 0 atom stereocenters. The maximum Gasteiger partial charge on any atom is 0.257 e. The Morgan fingerprint density at radius 2 is 2.06 bits per heavy atom. The maximum absolute atomic E-state index is 11.8. The zero-order chi connectivity index (χ0) is 13.1. The number of fused-ring (bicyclic) bond motifs is 1. The first-order valence-corrected chi connectivity index (χ1v) is 5.64. The molecule has 0 spiro atoms. The standard InChI is InChI=1S/C13H15N3O2/c1-16(2)12(17)8-14-11-7-9-5-3-4-6-10(9)13(18)15-11/h3-7H,8H2,1-2H3,(H2,14,15,18). The minimum Gasteiger partial charge on any atom is -0.362 e. The second kappa shape index (κ2) is 4.91. The Hall–Kier alpha value is -2.30. The number of benzene rings is 1. The number of nitrogens with zero attached hydrogens (tertiary/aromatic N) is 1. The molecule has 0 aliphatic heterocycles. The summed E-state index contributed by atoms with van der Waals surface area (Å²) in [6, 6.07) is 9.14. The quantitative estimate of drug-likeness (QED) is 0.848. The molecule has 94 valence electrons. The third kappa shape index (κ3) is 2.51. The molecule has 0 saturated carbocycles. The van der Waals surface area contributed by atoms with E-state index in [0.717, 1.165) is 5.39 Å². The molecule has 2 rings (SSSR count). The van der Waals surface area contributed by atoms with E-state index in [0.29, 0.717) is 11.2 Å². The second-order valence-corrected chi connectivity index (χ2v) is 4.24. The number of carbonyl (C=O) groups excluding carboxylic acids is 1. The van der Waals surface area contributed by atoms with E-state index in [1.807, 2.05) is 24.3 Å². The van der Waals surface area contributed by atoms with Crippen molar-refractivity contribution in [2.24, 2.45) is 0 Å². The first-order chi connectivity index (χ1) is 8.58. The number of hydrogen-bond acceptors (Lipinski definition) is 3. The molecule has 5 heteroatoms. The molecule has 1 heterocycles. The van der Waals surface area contributed by atoms with Crippen LogP contribution in [-0.2, 0) is 4.79 Å². The highest BCUT2D eigenvalue weighted by molar-refractivity contribution is 5.85. The predicted octanol–water partition coefficient (Wildman–Crippen LogP) is 1.03. The fourth-order valence-corrected chi connectivity index (χ4v) is 1.64. The third-order valence-electron chi connectivity index (χ3n) is 2.68. The molecule has 0 unspecified atom stereocenters. The van der Waals surface area contributed by atoms with Gasteiger partial charge in [-0.3, -0.25) is 9.59 Å². The molecule has 0 bridgehead atoms. The van der Waals surface area contributed by atoms with Crippen LogP contribution in [0.1, 0.15) is 0 Å². The molecule has 1 aromatic heterocycles. The fraction of sp³-hybridized carbons (Fsp3) is 0.231. The van der Waals surface area contributed by atoms with Crippen LogP contribution in [0.2, 0.25) is 0 Å². The highest BCUT2D eigenvalue weighted by atomic mass is 16.2. The normalized spacial score (nSPS) is 10.3. The number of amides is 1. The van der Waals surface area contributed by atoms with Crippen LogP contribution >= 0.6 is 0 Å². The highest BCUT2D eigenvalue weighted by Gasteiger charge is 2.05. The summed E-state index contributed by atoms with van der Waals surface area (Å²) in [5.74, 6) is 0.498. The van der Waals surface area contributed by atoms with Crippen LogP contribution < -0.4 is 10.9 Å². The Kier molecular flexibility index (Phi) is 3.32. The van der Waals surface area contributed by atoms with E-state index < -0.39 is 0 Å². The van der Waals surface area contributed by atoms with Gasteiger partial charge in [0, 0.05) is 19.5 Å². The number of carbonyl (C=O) groups is 1. The number of hydrogen-bond donors (Lipinski definition) is 2. The summed E-state index contributed by atoms with van der Waals surface area (Å²) in [5.41, 5.74) is -0.159. The lowest BCUT2D eigenvalue weighted by molar-refractivity contribution is -0.126. The first-order valence-electron chi connectivity index (χ1n) is 5.64. The number of nitrogens with one attached hydrogen (secondary N) is 2. The van der Waals surface area contributed by atoms with Gasteiger partial charge in [-0.15, -0.1) is 0 Å². The van der Waals surface area contributed by atoms with Crippen LogP contribution in [0.5, 0.6) is 0 Å². The fourth-order valence-electron chi connectivity index (χ4n) is 1.64. The molecule has 2 aromatic rings. The van der Waals surface area contributed by atoms with E-state index in [2.05, 4.69) is 10.3 Å². The minimum atomic E-state index is -0.159. The van der Waals surface area contributed by atoms with Gasteiger partial charge in [-0.05, 0) is 17.5 Å². The van der Waals surface area contributed by atoms with E-state index in [9.17, 15) is 9.59 Å². The Bertz CT molecular complexity index is 631. The summed E-state index contributed by atoms with van der Waals surface area (Å²) in [6.45, 7) is 0.154. The van der Waals surface area contributed by atoms with Gasteiger partial charge in [-0.1, -0.05) is 18.2 Å². The van der Waals surface area contributed by atoms with E-state index in [-0.39, 0.29) is 18.0 Å². The van der Waals surface area contributed by atoms with Crippen molar-refractivity contribution in [3.05, 3.63) is 40.7 Å². The highest BCUT2D eigenvalue weighted by Crippen LogP contribution is 2.12. The summed E-state index contributed by atoms with van der Waals surface area (Å²) < 4.78 is 0. The van der Waals surface area contributed by atoms with Gasteiger partial charge in [-0.25, -0.2) is 0 Å². The second-order valence-electron chi connectivity index (χ2n) is 4.24. The van der Waals surface area contributed by atoms with Crippen molar-refractivity contribution in [2.75, 3.05) is 26.0 Å². The van der Waals surface area contributed by atoms with Crippen molar-refractivity contribution in [1.29, 1.82) is 0 Å². The number of rotatable bonds is 3. The average molecular weight is 245 g/mol. The molecule has 0 saturated heterocycles. The molecule has 1 amide bonds. The minimum absolute atomic E-state index is 0.0518. The molecule has 1 aromatic carbocycles. The van der Waals surface area contributed by atoms with Crippen LogP contribution in [0.4, 0.5) is 5.82 Å². The van der Waals surface area contributed by atoms with E-state index >= 15 is 0 Å². The number of pyridine rings is 1. The molecule has 0 aliphatic rings. The van der Waals surface area contributed by atoms with Crippen molar-refractivity contribution >= 4 is 22.5 Å². The number of anilines is 1. The van der Waals surface area contributed by atoms with Gasteiger partial charge in [0.05, 0.1) is 6.54 Å². The zero-order valence-corrected chi connectivity index (χ0v) is 10.4. The average Bonchev–Trinajstić information content (AvgIpc) is 2.36. The first kappa shape index (κ1) is 12.2. The number of aromatic nitrogens is 1. The van der Waals surface area contributed by atoms with Crippen LogP contribution in [0.3, 0.4) is 0 Å². The zero-order valence-electron chi connectivity index (χ0n) is 10.4. The van der Waals surface area contributed by atoms with Gasteiger partial charge in [0.25, 0.3) is 5.56 Å². The Morgan fingerprint density at radius 1 is 1.33 bits per heavy atom. The SMILES string of the molecule is CN(C)C(=O)CNc1cc2ccccc2c(=O)[nH]1. The summed E-state index contributed by atoms with van der Waals surface area (Å²) in [6.07, 6.45) is 0. The monoisotopic (exact) mass is 245 g/mol. The summed E-state index contributed by atoms with van der Waals surface area (Å²) >= 11 is 0. The van der Waals surface area contributed by atoms with Crippen molar-refractivity contribution in [3.8, 4) is 0 Å². The van der Waals surface area contributed by atoms with Gasteiger partial charge >= 0.3 is 0 Å². The third-order valence-corrected chi connectivity index (χ3v) is 2.68. The van der Waals surface area contributed by atoms with Crippen molar-refractivity contribution < 1.29 is 4.79 Å². The van der Waals surface area contributed by atoms with Crippen molar-refractivity contribution in [2.45, 2.75) is 0 Å². The lowest BCUT2D eigenvalue weighted by atomic mass is 10.2. The summed E-state index contributed by atoms with van der Waals surface area (Å²) in [4.78, 5) is 27.4. The Labute approximate surface area is 104 Å². The predicted molar refractivity (Wildman–Crippen MR) is 71.8 cm³/mol. The van der Waals surface area contributed by atoms with Gasteiger partial charge in [-0.2, -0.15) is 0 Å². The smallest absolute Gasteiger partial charge is 0.257 e.